The molecule has 0 unspecified atom stereocenters. The van der Waals surface area contributed by atoms with Crippen molar-refractivity contribution in [2.45, 2.75) is 12.5 Å². The summed E-state index contributed by atoms with van der Waals surface area (Å²) in [5.41, 5.74) is 3.28. The van der Waals surface area contributed by atoms with Crippen LogP contribution in [0.1, 0.15) is 33.0 Å². The Balaban J connectivity index is 1.38. The number of aromatic amines is 1. The molecule has 7 nitrogen and oxygen atoms in total. The standard InChI is InChI=1S/C23H16FN5O2S/c24-14-7-5-13(6-8-14)21-25-11-17(31-21)23(30)29-10-9-16-19(27-12-26-16)20(29)22-28-15-3-1-2-4-18(15)32-22/h1-8,11-12,20H,9-10H2,(H,26,27)/t20-/m0/s1. The number of carbonyl (C=O) groups excluding carboxylic acids is 1. The Morgan fingerprint density at radius 3 is 2.84 bits per heavy atom. The lowest BCUT2D eigenvalue weighted by atomic mass is 10.0. The maximum absolute atomic E-state index is 13.5. The Bertz CT molecular complexity index is 1410. The van der Waals surface area contributed by atoms with Gasteiger partial charge in [-0.1, -0.05) is 12.1 Å². The first-order valence-electron chi connectivity index (χ1n) is 10.1. The normalized spacial score (nSPS) is 15.8. The van der Waals surface area contributed by atoms with Crippen molar-refractivity contribution in [3.05, 3.63) is 89.0 Å². The van der Waals surface area contributed by atoms with Crippen molar-refractivity contribution in [3.8, 4) is 11.5 Å². The summed E-state index contributed by atoms with van der Waals surface area (Å²) in [5, 5.41) is 0.797. The second-order valence-electron chi connectivity index (χ2n) is 7.47. The van der Waals surface area contributed by atoms with Crippen molar-refractivity contribution < 1.29 is 13.6 Å². The Morgan fingerprint density at radius 2 is 2.00 bits per heavy atom. The van der Waals surface area contributed by atoms with Crippen LogP contribution < -0.4 is 0 Å². The number of fused-ring (bicyclic) bond motifs is 2. The predicted octanol–water partition coefficient (Wildman–Crippen LogP) is 4.60. The molecule has 0 spiro atoms. The van der Waals surface area contributed by atoms with Gasteiger partial charge in [0.2, 0.25) is 11.7 Å². The first-order valence-corrected chi connectivity index (χ1v) is 10.9. The van der Waals surface area contributed by atoms with E-state index < -0.39 is 6.04 Å². The second-order valence-corrected chi connectivity index (χ2v) is 8.54. The van der Waals surface area contributed by atoms with E-state index in [1.807, 2.05) is 24.3 Å². The summed E-state index contributed by atoms with van der Waals surface area (Å²) in [6.45, 7) is 0.487. The van der Waals surface area contributed by atoms with E-state index in [2.05, 4.69) is 15.0 Å². The zero-order valence-corrected chi connectivity index (χ0v) is 17.5. The number of hydrogen-bond acceptors (Lipinski definition) is 6. The fourth-order valence-corrected chi connectivity index (χ4v) is 5.08. The Kier molecular flexibility index (Phi) is 4.36. The molecule has 6 rings (SSSR count). The summed E-state index contributed by atoms with van der Waals surface area (Å²) in [7, 11) is 0. The second kappa shape index (κ2) is 7.38. The van der Waals surface area contributed by atoms with Gasteiger partial charge in [-0.3, -0.25) is 4.79 Å². The third kappa shape index (κ3) is 3.09. The molecule has 4 heterocycles. The van der Waals surface area contributed by atoms with Gasteiger partial charge in [-0.25, -0.2) is 19.3 Å². The maximum atomic E-state index is 13.5. The van der Waals surface area contributed by atoms with E-state index in [0.29, 0.717) is 18.5 Å². The summed E-state index contributed by atoms with van der Waals surface area (Å²) in [6, 6.07) is 13.3. The number of halogens is 1. The highest BCUT2D eigenvalue weighted by Crippen LogP contribution is 2.38. The Labute approximate surface area is 185 Å². The summed E-state index contributed by atoms with van der Waals surface area (Å²) < 4.78 is 20.0. The topological polar surface area (TPSA) is 87.9 Å². The molecule has 1 amide bonds. The van der Waals surface area contributed by atoms with Crippen LogP contribution in [0.3, 0.4) is 0 Å². The summed E-state index contributed by atoms with van der Waals surface area (Å²) in [6.07, 6.45) is 3.72. The smallest absolute Gasteiger partial charge is 0.292 e. The zero-order valence-electron chi connectivity index (χ0n) is 16.7. The summed E-state index contributed by atoms with van der Waals surface area (Å²) in [5.74, 6) is -0.251. The van der Waals surface area contributed by atoms with Crippen molar-refractivity contribution in [1.29, 1.82) is 0 Å². The van der Waals surface area contributed by atoms with Crippen LogP contribution in [0.2, 0.25) is 0 Å². The number of amides is 1. The van der Waals surface area contributed by atoms with E-state index in [9.17, 15) is 9.18 Å². The molecule has 0 bridgehead atoms. The summed E-state index contributed by atoms with van der Waals surface area (Å²) in [4.78, 5) is 31.9. The SMILES string of the molecule is O=C(c1cnc(-c2ccc(F)cc2)o1)N1CCc2[nH]cnc2[C@H]1c1nc2ccccc2s1. The van der Waals surface area contributed by atoms with Crippen LogP contribution in [-0.4, -0.2) is 37.3 Å². The zero-order chi connectivity index (χ0) is 21.7. The number of nitrogens with zero attached hydrogens (tertiary/aromatic N) is 4. The number of benzene rings is 2. The molecule has 158 valence electrons. The average Bonchev–Trinajstić information content (AvgIpc) is 3.57. The fourth-order valence-electron chi connectivity index (χ4n) is 3.99. The molecule has 0 fully saturated rings. The highest BCUT2D eigenvalue weighted by molar-refractivity contribution is 7.18. The Morgan fingerprint density at radius 1 is 1.16 bits per heavy atom. The monoisotopic (exact) mass is 445 g/mol. The first kappa shape index (κ1) is 18.9. The molecule has 9 heteroatoms. The van der Waals surface area contributed by atoms with Gasteiger partial charge in [-0.05, 0) is 36.4 Å². The van der Waals surface area contributed by atoms with Gasteiger partial charge in [0.15, 0.2) is 0 Å². The van der Waals surface area contributed by atoms with Crippen LogP contribution in [-0.2, 0) is 6.42 Å². The largest absolute Gasteiger partial charge is 0.431 e. The van der Waals surface area contributed by atoms with Crippen LogP contribution in [0, 0.1) is 5.82 Å². The van der Waals surface area contributed by atoms with Gasteiger partial charge in [0.1, 0.15) is 16.9 Å². The lowest BCUT2D eigenvalue weighted by Gasteiger charge is -2.33. The van der Waals surface area contributed by atoms with E-state index in [1.165, 1.54) is 18.3 Å². The number of imidazole rings is 1. The number of hydrogen-bond donors (Lipinski definition) is 1. The molecule has 0 aliphatic carbocycles. The predicted molar refractivity (Wildman–Crippen MR) is 117 cm³/mol. The molecule has 3 aromatic heterocycles. The van der Waals surface area contributed by atoms with Gasteiger partial charge in [0.25, 0.3) is 5.91 Å². The molecule has 0 saturated heterocycles. The average molecular weight is 445 g/mol. The van der Waals surface area contributed by atoms with Crippen LogP contribution in [0.5, 0.6) is 0 Å². The summed E-state index contributed by atoms with van der Waals surface area (Å²) >= 11 is 1.55. The van der Waals surface area contributed by atoms with Crippen molar-refractivity contribution in [2.75, 3.05) is 6.54 Å². The number of nitrogens with one attached hydrogen (secondary N) is 1. The minimum atomic E-state index is -0.422. The van der Waals surface area contributed by atoms with Crippen LogP contribution >= 0.6 is 11.3 Å². The quantitative estimate of drug-likeness (QED) is 0.438. The van der Waals surface area contributed by atoms with Crippen molar-refractivity contribution >= 4 is 27.5 Å². The number of oxazole rings is 1. The highest BCUT2D eigenvalue weighted by atomic mass is 32.1. The number of thiazole rings is 1. The molecular weight excluding hydrogens is 429 g/mol. The molecule has 2 aromatic carbocycles. The molecule has 1 aliphatic heterocycles. The third-order valence-electron chi connectivity index (χ3n) is 5.54. The fraction of sp³-hybridized carbons (Fsp3) is 0.130. The molecule has 1 atom stereocenters. The third-order valence-corrected chi connectivity index (χ3v) is 6.63. The molecule has 1 N–H and O–H groups in total. The number of para-hydroxylation sites is 1. The van der Waals surface area contributed by atoms with E-state index in [4.69, 9.17) is 9.40 Å². The number of H-pyrrole nitrogens is 1. The van der Waals surface area contributed by atoms with Crippen LogP contribution in [0.25, 0.3) is 21.7 Å². The van der Waals surface area contributed by atoms with E-state index in [-0.39, 0.29) is 23.4 Å². The van der Waals surface area contributed by atoms with Crippen molar-refractivity contribution in [2.24, 2.45) is 0 Å². The first-order chi connectivity index (χ1) is 15.7. The van der Waals surface area contributed by atoms with Gasteiger partial charge >= 0.3 is 0 Å². The molecule has 0 radical (unpaired) electrons. The van der Waals surface area contributed by atoms with Crippen LogP contribution in [0.15, 0.2) is 65.5 Å². The molecule has 1 aliphatic rings. The van der Waals surface area contributed by atoms with E-state index >= 15 is 0 Å². The van der Waals surface area contributed by atoms with Gasteiger partial charge in [-0.15, -0.1) is 11.3 Å². The number of aromatic nitrogens is 4. The van der Waals surface area contributed by atoms with Gasteiger partial charge in [0.05, 0.1) is 28.4 Å². The van der Waals surface area contributed by atoms with Gasteiger partial charge in [-0.2, -0.15) is 0 Å². The lowest BCUT2D eigenvalue weighted by molar-refractivity contribution is 0.0659. The highest BCUT2D eigenvalue weighted by Gasteiger charge is 2.37. The molecular formula is C23H16FN5O2S. The number of rotatable bonds is 3. The molecule has 5 aromatic rings. The molecule has 0 saturated carbocycles. The molecule has 32 heavy (non-hydrogen) atoms. The van der Waals surface area contributed by atoms with Gasteiger partial charge in [0, 0.05) is 24.2 Å². The van der Waals surface area contributed by atoms with Crippen molar-refractivity contribution in [3.63, 3.8) is 0 Å². The van der Waals surface area contributed by atoms with Gasteiger partial charge < -0.3 is 14.3 Å². The van der Waals surface area contributed by atoms with Crippen LogP contribution in [0.4, 0.5) is 4.39 Å². The van der Waals surface area contributed by atoms with Crippen molar-refractivity contribution in [1.82, 2.24) is 24.8 Å². The lowest BCUT2D eigenvalue weighted by Crippen LogP contribution is -2.40. The van der Waals surface area contributed by atoms with E-state index in [0.717, 1.165) is 26.6 Å². The maximum Gasteiger partial charge on any atom is 0.292 e. The number of carbonyl (C=O) groups is 1. The minimum Gasteiger partial charge on any atom is -0.431 e. The minimum absolute atomic E-state index is 0.120. The Hall–Kier alpha value is -3.85. The van der Waals surface area contributed by atoms with E-state index in [1.54, 1.807) is 34.7 Å².